The molecule has 3 heterocycles. The topological polar surface area (TPSA) is 167 Å². The highest BCUT2D eigenvalue weighted by Crippen LogP contribution is 2.41. The zero-order chi connectivity index (χ0) is 32.4. The lowest BCUT2D eigenvalue weighted by Gasteiger charge is -2.25. The Hall–Kier alpha value is -5.85. The van der Waals surface area contributed by atoms with Crippen LogP contribution in [0.4, 0.5) is 11.4 Å². The van der Waals surface area contributed by atoms with E-state index in [1.54, 1.807) is 81.4 Å². The Morgan fingerprint density at radius 2 is 1.73 bits per heavy atom. The number of anilines is 2. The van der Waals surface area contributed by atoms with Gasteiger partial charge in [0.25, 0.3) is 17.7 Å². The molecule has 13 nitrogen and oxygen atoms in total. The summed E-state index contributed by atoms with van der Waals surface area (Å²) >= 11 is 0. The maximum absolute atomic E-state index is 13.8. The molecule has 0 bridgehead atoms. The van der Waals surface area contributed by atoms with Gasteiger partial charge in [0.05, 0.1) is 11.7 Å². The molecular formula is C32H33N9O4. The third-order valence-electron chi connectivity index (χ3n) is 7.40. The van der Waals surface area contributed by atoms with Crippen LogP contribution in [0.1, 0.15) is 67.7 Å². The molecule has 1 aliphatic heterocycles. The summed E-state index contributed by atoms with van der Waals surface area (Å²) in [5.74, 6) is -0.845. The molecule has 4 N–H and O–H groups in total. The van der Waals surface area contributed by atoms with Gasteiger partial charge in [0.1, 0.15) is 17.4 Å². The summed E-state index contributed by atoms with van der Waals surface area (Å²) in [7, 11) is 3.26. The van der Waals surface area contributed by atoms with Crippen molar-refractivity contribution in [3.05, 3.63) is 111 Å². The molecule has 0 saturated carbocycles. The summed E-state index contributed by atoms with van der Waals surface area (Å²) in [6.45, 7) is 5.39. The zero-order valence-electron chi connectivity index (χ0n) is 25.5. The first-order valence-electron chi connectivity index (χ1n) is 14.3. The minimum Gasteiger partial charge on any atom is -0.394 e. The molecule has 0 fully saturated rings. The quantitative estimate of drug-likeness (QED) is 0.176. The van der Waals surface area contributed by atoms with Crippen LogP contribution in [0, 0.1) is 19.3 Å². The van der Waals surface area contributed by atoms with Gasteiger partial charge >= 0.3 is 5.69 Å². The van der Waals surface area contributed by atoms with Gasteiger partial charge in [0, 0.05) is 47.9 Å². The SMILES string of the molecule is CC[C@@H]1c2c(cc(C)nc2C(=O)Nc2cccc(C(=O)NC(=N)/C=C\NC)c2)C(=O)N1c1ccc(-n2c(C)nn(C)c2=O)cc1. The van der Waals surface area contributed by atoms with Crippen molar-refractivity contribution >= 4 is 34.9 Å². The Kier molecular flexibility index (Phi) is 8.44. The number of aromatic nitrogens is 4. The van der Waals surface area contributed by atoms with E-state index in [-0.39, 0.29) is 28.7 Å². The number of carbonyl (C=O) groups excluding carboxylic acids is 3. The lowest BCUT2D eigenvalue weighted by molar-refractivity contribution is 0.0972. The van der Waals surface area contributed by atoms with E-state index in [2.05, 4.69) is 26.0 Å². The highest BCUT2D eigenvalue weighted by molar-refractivity contribution is 6.15. The smallest absolute Gasteiger partial charge is 0.350 e. The fraction of sp³-hybridized carbons (Fsp3) is 0.219. The van der Waals surface area contributed by atoms with Crippen LogP contribution in [-0.2, 0) is 7.05 Å². The second-order valence-corrected chi connectivity index (χ2v) is 10.5. The first-order valence-corrected chi connectivity index (χ1v) is 14.3. The Labute approximate surface area is 259 Å². The van der Waals surface area contributed by atoms with Gasteiger partial charge in [-0.2, -0.15) is 5.10 Å². The Bertz CT molecular complexity index is 1920. The van der Waals surface area contributed by atoms with Gasteiger partial charge in [0.2, 0.25) is 0 Å². The average Bonchev–Trinajstić information content (AvgIpc) is 3.45. The minimum atomic E-state index is -0.521. The summed E-state index contributed by atoms with van der Waals surface area (Å²) in [6.07, 6.45) is 3.43. The lowest BCUT2D eigenvalue weighted by atomic mass is 9.99. The number of fused-ring (bicyclic) bond motifs is 1. The lowest BCUT2D eigenvalue weighted by Crippen LogP contribution is -2.28. The number of nitrogens with zero attached hydrogens (tertiary/aromatic N) is 5. The van der Waals surface area contributed by atoms with E-state index in [0.29, 0.717) is 46.1 Å². The molecule has 2 aromatic carbocycles. The normalized spacial score (nSPS) is 14.0. The number of rotatable bonds is 8. The number of nitrogens with one attached hydrogen (secondary N) is 4. The summed E-state index contributed by atoms with van der Waals surface area (Å²) in [6, 6.07) is 14.6. The average molecular weight is 608 g/mol. The van der Waals surface area contributed by atoms with Crippen LogP contribution in [0.25, 0.3) is 5.69 Å². The van der Waals surface area contributed by atoms with E-state index in [1.807, 2.05) is 6.92 Å². The number of hydrogen-bond acceptors (Lipinski definition) is 8. The Morgan fingerprint density at radius 1 is 1.02 bits per heavy atom. The number of benzene rings is 2. The van der Waals surface area contributed by atoms with Gasteiger partial charge in [0.15, 0.2) is 0 Å². The zero-order valence-corrected chi connectivity index (χ0v) is 25.5. The predicted octanol–water partition coefficient (Wildman–Crippen LogP) is 3.39. The number of aryl methyl sites for hydroxylation is 3. The van der Waals surface area contributed by atoms with Crippen LogP contribution in [-0.4, -0.2) is 49.9 Å². The standard InChI is InChI=1S/C32H33N9O4/c1-6-25-27-24(31(44)41(25)23-12-10-22(11-13-23)40-19(3)38-39(5)32(40)45)16-18(2)35-28(27)30(43)36-21-9-7-8-20(17-21)29(42)37-26(33)14-15-34-4/h7-17,25,34H,6H2,1-5H3,(H,36,43)(H2,33,37,42)/b15-14-/t25-/m1/s1. The van der Waals surface area contributed by atoms with Gasteiger partial charge in [-0.05, 0) is 81.1 Å². The van der Waals surface area contributed by atoms with Crippen LogP contribution in [0.15, 0.2) is 71.7 Å². The maximum Gasteiger partial charge on any atom is 0.350 e. The number of hydrogen-bond donors (Lipinski definition) is 4. The molecule has 0 saturated heterocycles. The van der Waals surface area contributed by atoms with Crippen molar-refractivity contribution in [2.24, 2.45) is 7.05 Å². The molecule has 3 amide bonds. The first-order chi connectivity index (χ1) is 21.5. The van der Waals surface area contributed by atoms with Crippen molar-refractivity contribution in [3.63, 3.8) is 0 Å². The monoisotopic (exact) mass is 607 g/mol. The van der Waals surface area contributed by atoms with E-state index in [0.717, 1.165) is 0 Å². The van der Waals surface area contributed by atoms with E-state index in [4.69, 9.17) is 5.41 Å². The second-order valence-electron chi connectivity index (χ2n) is 10.5. The van der Waals surface area contributed by atoms with Crippen LogP contribution in [0.5, 0.6) is 0 Å². The van der Waals surface area contributed by atoms with Crippen molar-refractivity contribution in [1.82, 2.24) is 30.0 Å². The molecule has 0 spiro atoms. The molecular weight excluding hydrogens is 574 g/mol. The molecule has 0 aliphatic carbocycles. The Morgan fingerprint density at radius 3 is 2.38 bits per heavy atom. The fourth-order valence-corrected chi connectivity index (χ4v) is 5.43. The minimum absolute atomic E-state index is 0.0983. The number of pyridine rings is 1. The molecule has 45 heavy (non-hydrogen) atoms. The van der Waals surface area contributed by atoms with Gasteiger partial charge in [-0.1, -0.05) is 13.0 Å². The van der Waals surface area contributed by atoms with E-state index < -0.39 is 17.9 Å². The van der Waals surface area contributed by atoms with E-state index in [1.165, 1.54) is 27.6 Å². The third kappa shape index (κ3) is 5.87. The number of amides is 3. The summed E-state index contributed by atoms with van der Waals surface area (Å²) in [5, 5.41) is 20.1. The highest BCUT2D eigenvalue weighted by Gasteiger charge is 2.40. The van der Waals surface area contributed by atoms with Crippen LogP contribution >= 0.6 is 0 Å². The largest absolute Gasteiger partial charge is 0.394 e. The molecule has 1 aliphatic rings. The van der Waals surface area contributed by atoms with Crippen LogP contribution in [0.3, 0.4) is 0 Å². The summed E-state index contributed by atoms with van der Waals surface area (Å²) in [5.41, 5.74) is 3.09. The van der Waals surface area contributed by atoms with Crippen molar-refractivity contribution in [2.75, 3.05) is 17.3 Å². The predicted molar refractivity (Wildman–Crippen MR) is 170 cm³/mol. The van der Waals surface area contributed by atoms with Crippen LogP contribution in [0.2, 0.25) is 0 Å². The summed E-state index contributed by atoms with van der Waals surface area (Å²) in [4.78, 5) is 58.9. The molecule has 0 radical (unpaired) electrons. The van der Waals surface area contributed by atoms with Gasteiger partial charge in [-0.25, -0.2) is 19.0 Å². The molecule has 5 rings (SSSR count). The molecule has 0 unspecified atom stereocenters. The van der Waals surface area contributed by atoms with Gasteiger partial charge < -0.3 is 20.9 Å². The van der Waals surface area contributed by atoms with Crippen molar-refractivity contribution in [2.45, 2.75) is 33.2 Å². The molecule has 230 valence electrons. The maximum atomic E-state index is 13.8. The van der Waals surface area contributed by atoms with Gasteiger partial charge in [-0.15, -0.1) is 0 Å². The summed E-state index contributed by atoms with van der Waals surface area (Å²) < 4.78 is 2.75. The van der Waals surface area contributed by atoms with Crippen molar-refractivity contribution in [3.8, 4) is 5.69 Å². The van der Waals surface area contributed by atoms with E-state index >= 15 is 0 Å². The Balaban J connectivity index is 1.43. The van der Waals surface area contributed by atoms with Gasteiger partial charge in [-0.3, -0.25) is 19.8 Å². The number of carbonyl (C=O) groups is 3. The molecule has 1 atom stereocenters. The number of amidine groups is 1. The molecule has 4 aromatic rings. The van der Waals surface area contributed by atoms with Crippen molar-refractivity contribution < 1.29 is 14.4 Å². The highest BCUT2D eigenvalue weighted by atomic mass is 16.2. The fourth-order valence-electron chi connectivity index (χ4n) is 5.43. The molecule has 13 heteroatoms. The third-order valence-corrected chi connectivity index (χ3v) is 7.40. The van der Waals surface area contributed by atoms with Crippen molar-refractivity contribution in [1.29, 1.82) is 5.41 Å². The van der Waals surface area contributed by atoms with E-state index in [9.17, 15) is 19.2 Å². The molecule has 2 aromatic heterocycles. The first kappa shape index (κ1) is 30.6. The van der Waals surface area contributed by atoms with Crippen LogP contribution < -0.4 is 26.5 Å². The second kappa shape index (κ2) is 12.4.